The number of hydrogen-bond donors (Lipinski definition) is 1. The van der Waals surface area contributed by atoms with E-state index in [4.69, 9.17) is 9.47 Å². The first kappa shape index (κ1) is 28.8. The fourth-order valence-electron chi connectivity index (χ4n) is 4.14. The molecule has 1 amide bonds. The van der Waals surface area contributed by atoms with E-state index in [1.807, 2.05) is 19.9 Å². The van der Waals surface area contributed by atoms with Gasteiger partial charge in [0, 0.05) is 7.05 Å². The maximum Gasteiger partial charge on any atom is 0.411 e. The third-order valence-electron chi connectivity index (χ3n) is 5.79. The summed E-state index contributed by atoms with van der Waals surface area (Å²) in [5.74, 6) is -4.10. The molecule has 2 aromatic carbocycles. The summed E-state index contributed by atoms with van der Waals surface area (Å²) in [6.45, 7) is 8.58. The zero-order chi connectivity index (χ0) is 27.1. The average molecular weight is 502 g/mol. The number of carbonyl (C=O) groups is 3. The van der Waals surface area contributed by atoms with E-state index in [-0.39, 0.29) is 25.4 Å². The Morgan fingerprint density at radius 2 is 1.56 bits per heavy atom. The molecule has 196 valence electrons. The van der Waals surface area contributed by atoms with Gasteiger partial charge in [-0.05, 0) is 62.8 Å². The van der Waals surface area contributed by atoms with Crippen LogP contribution in [-0.4, -0.2) is 46.2 Å². The monoisotopic (exact) mass is 501 g/mol. The van der Waals surface area contributed by atoms with E-state index in [2.05, 4.69) is 0 Å². The molecule has 0 fully saturated rings. The Balaban J connectivity index is 2.58. The van der Waals surface area contributed by atoms with Crippen molar-refractivity contribution >= 4 is 18.0 Å². The van der Waals surface area contributed by atoms with Crippen LogP contribution in [0.1, 0.15) is 52.2 Å². The van der Waals surface area contributed by atoms with Gasteiger partial charge in [0.05, 0.1) is 5.92 Å². The van der Waals surface area contributed by atoms with Crippen LogP contribution in [0.25, 0.3) is 0 Å². The molecule has 8 heteroatoms. The predicted molar refractivity (Wildman–Crippen MR) is 134 cm³/mol. The summed E-state index contributed by atoms with van der Waals surface area (Å²) >= 11 is 0. The third kappa shape index (κ3) is 7.54. The van der Waals surface area contributed by atoms with E-state index >= 15 is 0 Å². The summed E-state index contributed by atoms with van der Waals surface area (Å²) in [4.78, 5) is 40.7. The van der Waals surface area contributed by atoms with E-state index in [1.165, 1.54) is 31.3 Å². The van der Waals surface area contributed by atoms with Gasteiger partial charge < -0.3 is 14.6 Å². The summed E-state index contributed by atoms with van der Waals surface area (Å²) < 4.78 is 24.6. The highest BCUT2D eigenvalue weighted by Gasteiger charge is 2.56. The van der Waals surface area contributed by atoms with Crippen molar-refractivity contribution in [1.82, 2.24) is 4.90 Å². The van der Waals surface area contributed by atoms with Crippen LogP contribution in [0.3, 0.4) is 0 Å². The van der Waals surface area contributed by atoms with Gasteiger partial charge in [-0.15, -0.1) is 0 Å². The first-order chi connectivity index (χ1) is 16.8. The largest absolute Gasteiger partial charge is 0.479 e. The molecule has 0 radical (unpaired) electrons. The highest BCUT2D eigenvalue weighted by Crippen LogP contribution is 2.36. The van der Waals surface area contributed by atoms with Crippen LogP contribution in [0.2, 0.25) is 0 Å². The summed E-state index contributed by atoms with van der Waals surface area (Å²) in [5, 5.41) is 10.6. The van der Waals surface area contributed by atoms with Crippen LogP contribution in [0.5, 0.6) is 0 Å². The number of carboxylic acids is 1. The quantitative estimate of drug-likeness (QED) is 0.434. The maximum atomic E-state index is 13.6. The van der Waals surface area contributed by atoms with Gasteiger partial charge >= 0.3 is 18.0 Å². The molecular formula is C28H36FNO6. The summed E-state index contributed by atoms with van der Waals surface area (Å²) in [6, 6.07) is 14.5. The minimum Gasteiger partial charge on any atom is -0.479 e. The lowest BCUT2D eigenvalue weighted by Gasteiger charge is -2.44. The smallest absolute Gasteiger partial charge is 0.411 e. The summed E-state index contributed by atoms with van der Waals surface area (Å²) in [6.07, 6.45) is -0.990. The van der Waals surface area contributed by atoms with Crippen LogP contribution >= 0.6 is 0 Å². The summed E-state index contributed by atoms with van der Waals surface area (Å²) in [5.41, 5.74) is -1.60. The first-order valence-electron chi connectivity index (χ1n) is 11.9. The second-order valence-corrected chi connectivity index (χ2v) is 10.3. The van der Waals surface area contributed by atoms with Crippen LogP contribution in [-0.2, 0) is 32.1 Å². The lowest BCUT2D eigenvalue weighted by molar-refractivity contribution is -0.169. The van der Waals surface area contributed by atoms with Crippen LogP contribution < -0.4 is 0 Å². The standard InChI is InChI=1S/C28H36FNO6/c1-19(2)17-28(25(32)33,30(6)26(34)36-27(3,4)5)23(16-20-12-14-22(29)15-13-20)24(31)35-18-21-10-8-7-9-11-21/h7-15,19,23H,16-18H2,1-6H3,(H,32,33)/t23-,28-/m0/s1. The maximum absolute atomic E-state index is 13.6. The van der Waals surface area contributed by atoms with E-state index < -0.39 is 40.9 Å². The van der Waals surface area contributed by atoms with E-state index in [0.29, 0.717) is 5.56 Å². The molecule has 0 unspecified atom stereocenters. The van der Waals surface area contributed by atoms with E-state index in [1.54, 1.807) is 45.0 Å². The average Bonchev–Trinajstić information content (AvgIpc) is 2.79. The molecule has 1 N–H and O–H groups in total. The van der Waals surface area contributed by atoms with Crippen molar-refractivity contribution in [2.75, 3.05) is 7.05 Å². The van der Waals surface area contributed by atoms with Crippen molar-refractivity contribution in [2.24, 2.45) is 11.8 Å². The minimum absolute atomic E-state index is 0.0373. The van der Waals surface area contributed by atoms with Crippen molar-refractivity contribution in [1.29, 1.82) is 0 Å². The molecule has 7 nitrogen and oxygen atoms in total. The van der Waals surface area contributed by atoms with Crippen molar-refractivity contribution in [3.8, 4) is 0 Å². The zero-order valence-electron chi connectivity index (χ0n) is 21.8. The van der Waals surface area contributed by atoms with E-state index in [0.717, 1.165) is 10.5 Å². The number of esters is 1. The Morgan fingerprint density at radius 3 is 2.06 bits per heavy atom. The number of ether oxygens (including phenoxy) is 2. The Bertz CT molecular complexity index is 1030. The molecule has 0 spiro atoms. The molecule has 0 saturated heterocycles. The molecule has 2 rings (SSSR count). The Morgan fingerprint density at radius 1 is 0.972 bits per heavy atom. The minimum atomic E-state index is -1.99. The predicted octanol–water partition coefficient (Wildman–Crippen LogP) is 5.46. The number of likely N-dealkylation sites (N-methyl/N-ethyl adjacent to an activating group) is 1. The van der Waals surface area contributed by atoms with Crippen molar-refractivity contribution in [3.05, 3.63) is 71.5 Å². The number of benzene rings is 2. The van der Waals surface area contributed by atoms with Crippen LogP contribution in [0.15, 0.2) is 54.6 Å². The first-order valence-corrected chi connectivity index (χ1v) is 11.9. The van der Waals surface area contributed by atoms with Gasteiger partial charge in [-0.2, -0.15) is 0 Å². The zero-order valence-corrected chi connectivity index (χ0v) is 21.8. The Labute approximate surface area is 212 Å². The molecule has 36 heavy (non-hydrogen) atoms. The molecular weight excluding hydrogens is 465 g/mol. The highest BCUT2D eigenvalue weighted by molar-refractivity contribution is 5.91. The number of hydrogen-bond acceptors (Lipinski definition) is 5. The van der Waals surface area contributed by atoms with Gasteiger partial charge in [-0.1, -0.05) is 56.3 Å². The van der Waals surface area contributed by atoms with Gasteiger partial charge in [0.15, 0.2) is 5.54 Å². The Kier molecular flexibility index (Phi) is 9.62. The highest BCUT2D eigenvalue weighted by atomic mass is 19.1. The van der Waals surface area contributed by atoms with Gasteiger partial charge in [0.2, 0.25) is 0 Å². The summed E-state index contributed by atoms with van der Waals surface area (Å²) in [7, 11) is 1.33. The normalized spacial score (nSPS) is 14.0. The molecule has 2 atom stereocenters. The fraction of sp³-hybridized carbons (Fsp3) is 0.464. The number of carboxylic acid groups (broad SMARTS) is 1. The number of nitrogens with zero attached hydrogens (tertiary/aromatic N) is 1. The third-order valence-corrected chi connectivity index (χ3v) is 5.79. The number of amides is 1. The van der Waals surface area contributed by atoms with E-state index in [9.17, 15) is 23.9 Å². The second kappa shape index (κ2) is 12.0. The van der Waals surface area contributed by atoms with Gasteiger partial charge in [0.1, 0.15) is 18.0 Å². The number of carbonyl (C=O) groups excluding carboxylic acids is 2. The molecule has 2 aromatic rings. The number of rotatable bonds is 10. The SMILES string of the molecule is CC(C)C[C@@](C(=O)O)([C@@H](Cc1ccc(F)cc1)C(=O)OCc1ccccc1)N(C)C(=O)OC(C)(C)C. The van der Waals surface area contributed by atoms with Gasteiger partial charge in [-0.25, -0.2) is 14.0 Å². The second-order valence-electron chi connectivity index (χ2n) is 10.3. The Hall–Kier alpha value is -3.42. The van der Waals surface area contributed by atoms with Gasteiger partial charge in [-0.3, -0.25) is 9.69 Å². The molecule has 0 aliphatic carbocycles. The fourth-order valence-corrected chi connectivity index (χ4v) is 4.14. The number of halogens is 1. The van der Waals surface area contributed by atoms with Crippen molar-refractivity contribution in [3.63, 3.8) is 0 Å². The molecule has 0 bridgehead atoms. The molecule has 0 aliphatic rings. The van der Waals surface area contributed by atoms with Gasteiger partial charge in [0.25, 0.3) is 0 Å². The molecule has 0 saturated carbocycles. The topological polar surface area (TPSA) is 93.1 Å². The van der Waals surface area contributed by atoms with Crippen LogP contribution in [0, 0.1) is 17.7 Å². The molecule has 0 aromatic heterocycles. The van der Waals surface area contributed by atoms with Crippen molar-refractivity contribution < 1.29 is 33.4 Å². The lowest BCUT2D eigenvalue weighted by Crippen LogP contribution is -2.63. The molecule has 0 aliphatic heterocycles. The molecule has 0 heterocycles. The van der Waals surface area contributed by atoms with Crippen LogP contribution in [0.4, 0.5) is 9.18 Å². The van der Waals surface area contributed by atoms with Crippen molar-refractivity contribution in [2.45, 2.75) is 65.2 Å². The lowest BCUT2D eigenvalue weighted by atomic mass is 9.73. The number of aliphatic carboxylic acids is 1.